The molecule has 0 spiro atoms. The Hall–Kier alpha value is -2.99. The topological polar surface area (TPSA) is 68.2 Å². The molecule has 1 heterocycles. The second kappa shape index (κ2) is 7.93. The lowest BCUT2D eigenvalue weighted by molar-refractivity contribution is 0.249. The molecule has 0 aliphatic carbocycles. The van der Waals surface area contributed by atoms with Crippen LogP contribution in [0.15, 0.2) is 60.9 Å². The fourth-order valence-corrected chi connectivity index (χ4v) is 2.83. The molecule has 0 bridgehead atoms. The normalized spacial score (nSPS) is 11.7. The molecule has 0 aliphatic heterocycles. The molecule has 0 saturated carbocycles. The number of methoxy groups -OCH3 is 1. The number of carbonyl (C=O) groups excluding carboxylic acids is 1. The lowest BCUT2D eigenvalue weighted by atomic mass is 10.1. The van der Waals surface area contributed by atoms with Crippen molar-refractivity contribution in [2.75, 3.05) is 12.4 Å². The van der Waals surface area contributed by atoms with E-state index in [0.717, 1.165) is 5.56 Å². The number of halogens is 1. The number of urea groups is 1. The summed E-state index contributed by atoms with van der Waals surface area (Å²) in [6, 6.07) is 13.7. The Morgan fingerprint density at radius 2 is 2.04 bits per heavy atom. The van der Waals surface area contributed by atoms with Gasteiger partial charge in [-0.2, -0.15) is 0 Å². The van der Waals surface area contributed by atoms with E-state index in [1.807, 2.05) is 42.1 Å². The third-order valence-electron chi connectivity index (χ3n) is 3.90. The van der Waals surface area contributed by atoms with Crippen molar-refractivity contribution >= 4 is 23.3 Å². The molecule has 0 aliphatic rings. The first-order valence-corrected chi connectivity index (χ1v) is 8.39. The largest absolute Gasteiger partial charge is 0.497 e. The maximum atomic E-state index is 12.5. The molecule has 1 atom stereocenters. The molecule has 0 saturated heterocycles. The predicted octanol–water partition coefficient (Wildman–Crippen LogP) is 3.99. The molecule has 0 fully saturated rings. The second-order valence-corrected chi connectivity index (χ2v) is 6.15. The van der Waals surface area contributed by atoms with E-state index in [9.17, 15) is 4.79 Å². The minimum Gasteiger partial charge on any atom is -0.497 e. The Morgan fingerprint density at radius 3 is 2.73 bits per heavy atom. The summed E-state index contributed by atoms with van der Waals surface area (Å²) in [6.45, 7) is 0. The van der Waals surface area contributed by atoms with Crippen LogP contribution < -0.4 is 15.4 Å². The monoisotopic (exact) mass is 370 g/mol. The number of benzene rings is 2. The number of nitrogens with zero attached hydrogens (tertiary/aromatic N) is 2. The minimum absolute atomic E-state index is 0.358. The zero-order valence-electron chi connectivity index (χ0n) is 14.4. The number of ether oxygens (including phenoxy) is 1. The number of rotatable bonds is 5. The number of anilines is 1. The van der Waals surface area contributed by atoms with Gasteiger partial charge in [0.15, 0.2) is 0 Å². The summed E-state index contributed by atoms with van der Waals surface area (Å²) in [7, 11) is 3.49. The van der Waals surface area contributed by atoms with Crippen LogP contribution in [-0.2, 0) is 7.05 Å². The van der Waals surface area contributed by atoms with Crippen molar-refractivity contribution in [2.45, 2.75) is 6.04 Å². The van der Waals surface area contributed by atoms with Gasteiger partial charge < -0.3 is 19.9 Å². The maximum absolute atomic E-state index is 12.5. The van der Waals surface area contributed by atoms with Gasteiger partial charge in [0, 0.05) is 30.2 Å². The van der Waals surface area contributed by atoms with Gasteiger partial charge in [-0.25, -0.2) is 9.78 Å². The second-order valence-electron chi connectivity index (χ2n) is 5.71. The Kier molecular flexibility index (Phi) is 5.43. The summed E-state index contributed by atoms with van der Waals surface area (Å²) in [5.74, 6) is 1.42. The van der Waals surface area contributed by atoms with Crippen molar-refractivity contribution in [1.82, 2.24) is 14.9 Å². The van der Waals surface area contributed by atoms with Crippen LogP contribution in [0, 0.1) is 0 Å². The number of nitrogens with one attached hydrogen (secondary N) is 2. The lowest BCUT2D eigenvalue weighted by Gasteiger charge is -2.20. The highest BCUT2D eigenvalue weighted by Gasteiger charge is 2.21. The number of hydrogen-bond donors (Lipinski definition) is 2. The molecule has 2 amide bonds. The number of carbonyl (C=O) groups is 1. The van der Waals surface area contributed by atoms with Gasteiger partial charge in [0.1, 0.15) is 17.6 Å². The van der Waals surface area contributed by atoms with Crippen LogP contribution in [0.1, 0.15) is 17.4 Å². The van der Waals surface area contributed by atoms with Gasteiger partial charge in [0.25, 0.3) is 0 Å². The van der Waals surface area contributed by atoms with Crippen LogP contribution in [0.5, 0.6) is 5.75 Å². The molecular formula is C19H19ClN4O2. The molecule has 1 aromatic heterocycles. The molecule has 134 valence electrons. The van der Waals surface area contributed by atoms with Gasteiger partial charge in [-0.1, -0.05) is 29.8 Å². The minimum atomic E-state index is -0.440. The zero-order valence-corrected chi connectivity index (χ0v) is 15.2. The van der Waals surface area contributed by atoms with E-state index in [2.05, 4.69) is 15.6 Å². The van der Waals surface area contributed by atoms with Gasteiger partial charge in [-0.15, -0.1) is 0 Å². The van der Waals surface area contributed by atoms with Crippen LogP contribution in [0.2, 0.25) is 5.02 Å². The highest BCUT2D eigenvalue weighted by atomic mass is 35.5. The van der Waals surface area contributed by atoms with Crippen molar-refractivity contribution in [3.63, 3.8) is 0 Å². The van der Waals surface area contributed by atoms with Crippen molar-refractivity contribution in [2.24, 2.45) is 7.05 Å². The van der Waals surface area contributed by atoms with Crippen LogP contribution in [0.3, 0.4) is 0 Å². The summed E-state index contributed by atoms with van der Waals surface area (Å²) in [6.07, 6.45) is 3.53. The fraction of sp³-hybridized carbons (Fsp3) is 0.158. The average molecular weight is 371 g/mol. The molecule has 2 aromatic carbocycles. The molecule has 0 radical (unpaired) electrons. The Balaban J connectivity index is 1.86. The molecule has 7 heteroatoms. The smallest absolute Gasteiger partial charge is 0.320 e. The summed E-state index contributed by atoms with van der Waals surface area (Å²) < 4.78 is 7.16. The molecule has 3 aromatic rings. The Labute approximate surface area is 156 Å². The number of imidazole rings is 1. The summed E-state index contributed by atoms with van der Waals surface area (Å²) in [4.78, 5) is 16.9. The number of aryl methyl sites for hydroxylation is 1. The van der Waals surface area contributed by atoms with Gasteiger partial charge in [0.2, 0.25) is 0 Å². The summed E-state index contributed by atoms with van der Waals surface area (Å²) in [5.41, 5.74) is 1.47. The lowest BCUT2D eigenvalue weighted by Crippen LogP contribution is -2.34. The van der Waals surface area contributed by atoms with E-state index in [1.165, 1.54) is 0 Å². The van der Waals surface area contributed by atoms with Gasteiger partial charge in [-0.05, 0) is 35.9 Å². The number of hydrogen-bond acceptors (Lipinski definition) is 3. The van der Waals surface area contributed by atoms with Crippen molar-refractivity contribution in [3.8, 4) is 5.75 Å². The van der Waals surface area contributed by atoms with Crippen LogP contribution in [0.25, 0.3) is 0 Å². The zero-order chi connectivity index (χ0) is 18.5. The number of aromatic nitrogens is 2. The molecular weight excluding hydrogens is 352 g/mol. The van der Waals surface area contributed by atoms with E-state index >= 15 is 0 Å². The van der Waals surface area contributed by atoms with Crippen LogP contribution in [-0.4, -0.2) is 22.7 Å². The molecule has 6 nitrogen and oxygen atoms in total. The first-order chi connectivity index (χ1) is 12.6. The first kappa shape index (κ1) is 17.8. The SMILES string of the molecule is COc1cccc(C(NC(=O)Nc2cccc(Cl)c2)c2nccn2C)c1. The number of amides is 2. The first-order valence-electron chi connectivity index (χ1n) is 8.01. The van der Waals surface area contributed by atoms with Crippen molar-refractivity contribution < 1.29 is 9.53 Å². The van der Waals surface area contributed by atoms with E-state index in [-0.39, 0.29) is 6.03 Å². The maximum Gasteiger partial charge on any atom is 0.320 e. The summed E-state index contributed by atoms with van der Waals surface area (Å²) >= 11 is 5.97. The van der Waals surface area contributed by atoms with E-state index in [4.69, 9.17) is 16.3 Å². The van der Waals surface area contributed by atoms with Crippen LogP contribution >= 0.6 is 11.6 Å². The molecule has 3 rings (SSSR count). The molecule has 26 heavy (non-hydrogen) atoms. The predicted molar refractivity (Wildman–Crippen MR) is 102 cm³/mol. The van der Waals surface area contributed by atoms with Crippen molar-refractivity contribution in [3.05, 3.63) is 77.3 Å². The highest BCUT2D eigenvalue weighted by Crippen LogP contribution is 2.24. The molecule has 2 N–H and O–H groups in total. The highest BCUT2D eigenvalue weighted by molar-refractivity contribution is 6.30. The van der Waals surface area contributed by atoms with Gasteiger partial charge in [0.05, 0.1) is 7.11 Å². The van der Waals surface area contributed by atoms with Crippen molar-refractivity contribution in [1.29, 1.82) is 0 Å². The van der Waals surface area contributed by atoms with Crippen LogP contribution in [0.4, 0.5) is 10.5 Å². The average Bonchev–Trinajstić information content (AvgIpc) is 3.05. The third kappa shape index (κ3) is 4.15. The standard InChI is InChI=1S/C19H19ClN4O2/c1-24-10-9-21-18(24)17(13-5-3-8-16(11-13)26-2)23-19(25)22-15-7-4-6-14(20)12-15/h3-12,17H,1-2H3,(H2,22,23,25). The Bertz CT molecular complexity index is 910. The summed E-state index contributed by atoms with van der Waals surface area (Å²) in [5, 5.41) is 6.31. The third-order valence-corrected chi connectivity index (χ3v) is 4.14. The van der Waals surface area contributed by atoms with Gasteiger partial charge >= 0.3 is 6.03 Å². The Morgan fingerprint density at radius 1 is 1.23 bits per heavy atom. The van der Waals surface area contributed by atoms with Gasteiger partial charge in [-0.3, -0.25) is 0 Å². The quantitative estimate of drug-likeness (QED) is 0.713. The molecule has 1 unspecified atom stereocenters. The van der Waals surface area contributed by atoms with E-state index in [1.54, 1.807) is 37.6 Å². The van der Waals surface area contributed by atoms with E-state index in [0.29, 0.717) is 22.3 Å². The van der Waals surface area contributed by atoms with E-state index < -0.39 is 6.04 Å². The fourth-order valence-electron chi connectivity index (χ4n) is 2.64.